The summed E-state index contributed by atoms with van der Waals surface area (Å²) in [5.74, 6) is -1.96. The van der Waals surface area contributed by atoms with Crippen LogP contribution in [0.1, 0.15) is 35.4 Å². The van der Waals surface area contributed by atoms with E-state index in [2.05, 4.69) is 0 Å². The van der Waals surface area contributed by atoms with Crippen LogP contribution in [0, 0.1) is 0 Å². The number of carbonyl (C=O) groups excluding carboxylic acids is 1. The molecule has 0 bridgehead atoms. The highest BCUT2D eigenvalue weighted by Gasteiger charge is 2.47. The van der Waals surface area contributed by atoms with E-state index < -0.39 is 91.4 Å². The number of ketones is 1. The van der Waals surface area contributed by atoms with Crippen LogP contribution in [0.2, 0.25) is 0 Å². The highest BCUT2D eigenvalue weighted by molar-refractivity contribution is 6.02. The summed E-state index contributed by atoms with van der Waals surface area (Å²) in [6, 6.07) is 6.26. The number of hydrogen-bond acceptors (Lipinski definition) is 15. The first-order valence-electron chi connectivity index (χ1n) is 13.1. The third-order valence-electron chi connectivity index (χ3n) is 7.50. The predicted octanol–water partition coefficient (Wildman–Crippen LogP) is -1.46. The Morgan fingerprint density at radius 3 is 2.19 bits per heavy atom. The van der Waals surface area contributed by atoms with Crippen LogP contribution in [0.25, 0.3) is 0 Å². The number of rotatable bonds is 6. The highest BCUT2D eigenvalue weighted by atomic mass is 16.7. The lowest BCUT2D eigenvalue weighted by molar-refractivity contribution is -0.318. The molecule has 2 saturated heterocycles. The largest absolute Gasteiger partial charge is 0.507 e. The Hall–Kier alpha value is -3.25. The van der Waals surface area contributed by atoms with Gasteiger partial charge in [0.1, 0.15) is 71.6 Å². The van der Waals surface area contributed by atoms with Crippen molar-refractivity contribution in [2.45, 2.75) is 80.9 Å². The Kier molecular flexibility index (Phi) is 8.48. The number of ether oxygens (including phenoxy) is 5. The predicted molar refractivity (Wildman–Crippen MR) is 136 cm³/mol. The molecule has 42 heavy (non-hydrogen) atoms. The van der Waals surface area contributed by atoms with Crippen LogP contribution in [0.5, 0.6) is 28.7 Å². The average Bonchev–Trinajstić information content (AvgIpc) is 2.95. The number of hydrogen-bond donors (Lipinski definition) is 9. The Bertz CT molecular complexity index is 1300. The summed E-state index contributed by atoms with van der Waals surface area (Å²) >= 11 is 0. The van der Waals surface area contributed by atoms with Crippen molar-refractivity contribution in [3.8, 4) is 28.7 Å². The first-order chi connectivity index (χ1) is 19.8. The number of carbonyl (C=O) groups is 1. The number of phenols is 3. The molecule has 0 radical (unpaired) electrons. The number of aliphatic hydroxyl groups excluding tert-OH is 6. The normalized spacial score (nSPS) is 36.6. The number of phenolic OH excluding ortho intramolecular Hbond substituents is 3. The van der Waals surface area contributed by atoms with E-state index in [0.717, 1.165) is 6.07 Å². The zero-order valence-electron chi connectivity index (χ0n) is 22.1. The molecule has 230 valence electrons. The van der Waals surface area contributed by atoms with E-state index in [0.29, 0.717) is 5.56 Å². The van der Waals surface area contributed by atoms with Crippen molar-refractivity contribution >= 4 is 5.78 Å². The maximum Gasteiger partial charge on any atom is 0.229 e. The highest BCUT2D eigenvalue weighted by Crippen LogP contribution is 2.43. The minimum Gasteiger partial charge on any atom is -0.507 e. The zero-order valence-corrected chi connectivity index (χ0v) is 22.1. The van der Waals surface area contributed by atoms with Gasteiger partial charge in [0.05, 0.1) is 19.1 Å². The molecule has 2 aromatic carbocycles. The Morgan fingerprint density at radius 2 is 1.48 bits per heavy atom. The molecular formula is C27H32O15. The second-order valence-electron chi connectivity index (χ2n) is 10.4. The maximum atomic E-state index is 12.8. The SMILES string of the molecule is C[C@@H]1O[C@@H](OC[C@H]2O[C@@H](Oc3cc(O)c4c(c3)O[C@H](c3ccc(O)c(O)c3)CC4=O)[C@@H](O)[C@H](O)[C@@H]2O)[C@@H](O)[C@H](O)[C@H]1O. The lowest BCUT2D eigenvalue weighted by atomic mass is 9.95. The van der Waals surface area contributed by atoms with Crippen LogP contribution in [0.15, 0.2) is 30.3 Å². The van der Waals surface area contributed by atoms with E-state index >= 15 is 0 Å². The van der Waals surface area contributed by atoms with Crippen LogP contribution in [0.4, 0.5) is 0 Å². The molecular weight excluding hydrogens is 564 g/mol. The first-order valence-corrected chi connectivity index (χ1v) is 13.1. The van der Waals surface area contributed by atoms with E-state index in [-0.39, 0.29) is 29.2 Å². The molecule has 3 aliphatic rings. The van der Waals surface area contributed by atoms with Gasteiger partial charge >= 0.3 is 0 Å². The number of fused-ring (bicyclic) bond motifs is 1. The molecule has 3 aliphatic heterocycles. The Labute approximate surface area is 238 Å². The van der Waals surface area contributed by atoms with Gasteiger partial charge < -0.3 is 69.6 Å². The second kappa shape index (κ2) is 11.8. The van der Waals surface area contributed by atoms with Crippen molar-refractivity contribution in [3.05, 3.63) is 41.5 Å². The molecule has 15 nitrogen and oxygen atoms in total. The molecule has 0 amide bonds. The quantitative estimate of drug-likeness (QED) is 0.173. The lowest BCUT2D eigenvalue weighted by Crippen LogP contribution is -2.61. The smallest absolute Gasteiger partial charge is 0.229 e. The van der Waals surface area contributed by atoms with E-state index in [1.165, 1.54) is 31.2 Å². The zero-order chi connectivity index (χ0) is 30.5. The second-order valence-corrected chi connectivity index (χ2v) is 10.4. The van der Waals surface area contributed by atoms with Crippen LogP contribution in [-0.2, 0) is 14.2 Å². The van der Waals surface area contributed by atoms with Crippen molar-refractivity contribution in [1.29, 1.82) is 0 Å². The van der Waals surface area contributed by atoms with Crippen molar-refractivity contribution in [3.63, 3.8) is 0 Å². The average molecular weight is 597 g/mol. The fourth-order valence-electron chi connectivity index (χ4n) is 5.04. The first kappa shape index (κ1) is 30.2. The minimum absolute atomic E-state index is 0.0807. The van der Waals surface area contributed by atoms with Crippen molar-refractivity contribution < 1.29 is 74.4 Å². The molecule has 15 heteroatoms. The lowest BCUT2D eigenvalue weighted by Gasteiger charge is -2.42. The molecule has 3 heterocycles. The third kappa shape index (κ3) is 5.70. The molecule has 2 aromatic rings. The minimum atomic E-state index is -1.78. The number of aromatic hydroxyl groups is 3. The van der Waals surface area contributed by atoms with Gasteiger partial charge in [0.2, 0.25) is 6.29 Å². The summed E-state index contributed by atoms with van der Waals surface area (Å²) in [7, 11) is 0. The molecule has 9 N–H and O–H groups in total. The van der Waals surface area contributed by atoms with Gasteiger partial charge in [0.25, 0.3) is 0 Å². The molecule has 0 spiro atoms. The standard InChI is InChI=1S/C27H32O15/c1-9-20(32)22(34)24(36)26(39-9)38-8-18-21(33)23(35)25(37)27(42-18)40-11-5-14(30)19-15(31)7-16(41-17(19)6-11)10-2-3-12(28)13(29)4-10/h2-6,9,16,18,20-30,32-37H,7-8H2,1H3/t9-,16-,18+,20-,21+,22+,23+,24-,25-,26+,27+/m0/s1. The topological polar surface area (TPSA) is 245 Å². The van der Waals surface area contributed by atoms with Gasteiger partial charge in [-0.25, -0.2) is 0 Å². The summed E-state index contributed by atoms with van der Waals surface area (Å²) in [6.07, 6.45) is -16.1. The van der Waals surface area contributed by atoms with Crippen LogP contribution >= 0.6 is 0 Å². The van der Waals surface area contributed by atoms with E-state index in [4.69, 9.17) is 23.7 Å². The third-order valence-corrected chi connectivity index (χ3v) is 7.50. The molecule has 0 saturated carbocycles. The fraction of sp³-hybridized carbons (Fsp3) is 0.519. The summed E-state index contributed by atoms with van der Waals surface area (Å²) in [6.45, 7) is 0.949. The van der Waals surface area contributed by atoms with E-state index in [1.54, 1.807) is 0 Å². The molecule has 5 rings (SSSR count). The fourth-order valence-corrected chi connectivity index (χ4v) is 5.04. The number of aliphatic hydroxyl groups is 6. The Balaban J connectivity index is 1.30. The van der Waals surface area contributed by atoms with Gasteiger partial charge in [-0.1, -0.05) is 6.07 Å². The van der Waals surface area contributed by atoms with Crippen molar-refractivity contribution in [1.82, 2.24) is 0 Å². The summed E-state index contributed by atoms with van der Waals surface area (Å²) in [5, 5.41) is 91.3. The van der Waals surface area contributed by atoms with Gasteiger partial charge in [-0.3, -0.25) is 4.79 Å². The van der Waals surface area contributed by atoms with Gasteiger partial charge in [0.15, 0.2) is 23.6 Å². The summed E-state index contributed by atoms with van der Waals surface area (Å²) in [5.41, 5.74) is 0.255. The maximum absolute atomic E-state index is 12.8. The van der Waals surface area contributed by atoms with Crippen molar-refractivity contribution in [2.75, 3.05) is 6.61 Å². The van der Waals surface area contributed by atoms with E-state index in [9.17, 15) is 50.8 Å². The Morgan fingerprint density at radius 1 is 0.786 bits per heavy atom. The number of Topliss-reactive ketones (excluding diaryl/α,β-unsaturated/α-hetero) is 1. The van der Waals surface area contributed by atoms with Crippen LogP contribution < -0.4 is 9.47 Å². The van der Waals surface area contributed by atoms with Crippen LogP contribution in [-0.4, -0.2) is 120 Å². The number of benzene rings is 2. The molecule has 0 unspecified atom stereocenters. The molecule has 2 fully saturated rings. The van der Waals surface area contributed by atoms with Gasteiger partial charge in [-0.15, -0.1) is 0 Å². The van der Waals surface area contributed by atoms with Gasteiger partial charge in [-0.05, 0) is 24.6 Å². The monoisotopic (exact) mass is 596 g/mol. The van der Waals surface area contributed by atoms with E-state index in [1.807, 2.05) is 0 Å². The van der Waals surface area contributed by atoms with Gasteiger partial charge in [0, 0.05) is 12.1 Å². The van der Waals surface area contributed by atoms with Crippen LogP contribution in [0.3, 0.4) is 0 Å². The molecule has 11 atom stereocenters. The molecule has 0 aliphatic carbocycles. The summed E-state index contributed by atoms with van der Waals surface area (Å²) in [4.78, 5) is 12.8. The van der Waals surface area contributed by atoms with Gasteiger partial charge in [-0.2, -0.15) is 0 Å². The van der Waals surface area contributed by atoms with Crippen molar-refractivity contribution in [2.24, 2.45) is 0 Å². The molecule has 0 aromatic heterocycles. The summed E-state index contributed by atoms with van der Waals surface area (Å²) < 4.78 is 27.9.